The van der Waals surface area contributed by atoms with E-state index in [1.54, 1.807) is 11.3 Å². The Balaban J connectivity index is 2.09. The lowest BCUT2D eigenvalue weighted by Gasteiger charge is -2.19. The highest BCUT2D eigenvalue weighted by molar-refractivity contribution is 7.22. The van der Waals surface area contributed by atoms with E-state index in [-0.39, 0.29) is 0 Å². The van der Waals surface area contributed by atoms with Crippen molar-refractivity contribution in [3.63, 3.8) is 0 Å². The number of nitrogens with one attached hydrogen (secondary N) is 1. The molecule has 2 aromatic rings. The molecule has 0 saturated heterocycles. The number of fused-ring (bicyclic) bond motifs is 1. The molecule has 1 heterocycles. The second-order valence-corrected chi connectivity index (χ2v) is 5.79. The van der Waals surface area contributed by atoms with Crippen LogP contribution in [0, 0.1) is 0 Å². The number of aromatic nitrogens is 1. The number of rotatable bonds is 4. The van der Waals surface area contributed by atoms with Gasteiger partial charge in [-0.2, -0.15) is 0 Å². The van der Waals surface area contributed by atoms with E-state index in [2.05, 4.69) is 36.2 Å². The van der Waals surface area contributed by atoms with Gasteiger partial charge in [-0.05, 0) is 39.2 Å². The van der Waals surface area contributed by atoms with Crippen LogP contribution in [0.2, 0.25) is 5.02 Å². The molecule has 0 saturated carbocycles. The lowest BCUT2D eigenvalue weighted by molar-refractivity contribution is 0.326. The fourth-order valence-corrected chi connectivity index (χ4v) is 2.41. The summed E-state index contributed by atoms with van der Waals surface area (Å²) in [6.07, 6.45) is 0. The van der Waals surface area contributed by atoms with E-state index in [4.69, 9.17) is 11.6 Å². The Labute approximate surface area is 110 Å². The van der Waals surface area contributed by atoms with Crippen molar-refractivity contribution in [1.29, 1.82) is 0 Å². The van der Waals surface area contributed by atoms with Gasteiger partial charge in [-0.15, -0.1) is 0 Å². The molecule has 17 heavy (non-hydrogen) atoms. The van der Waals surface area contributed by atoms with Gasteiger partial charge >= 0.3 is 0 Å². The Bertz CT molecular complexity index is 509. The fourth-order valence-electron chi connectivity index (χ4n) is 1.39. The van der Waals surface area contributed by atoms with Gasteiger partial charge in [0.05, 0.1) is 10.2 Å². The second kappa shape index (κ2) is 5.21. The summed E-state index contributed by atoms with van der Waals surface area (Å²) in [5, 5.41) is 5.04. The van der Waals surface area contributed by atoms with Crippen LogP contribution in [0.15, 0.2) is 18.2 Å². The molecule has 1 N–H and O–H groups in total. The Morgan fingerprint density at radius 1 is 1.47 bits per heavy atom. The van der Waals surface area contributed by atoms with Crippen molar-refractivity contribution in [2.24, 2.45) is 0 Å². The van der Waals surface area contributed by atoms with Crippen molar-refractivity contribution in [2.75, 3.05) is 26.0 Å². The van der Waals surface area contributed by atoms with Gasteiger partial charge in [0.1, 0.15) is 0 Å². The van der Waals surface area contributed by atoms with Crippen molar-refractivity contribution >= 4 is 38.3 Å². The SMILES string of the molecule is CC(CNc1nc2cc(Cl)ccc2s1)N(C)C. The molecule has 1 aromatic heterocycles. The van der Waals surface area contributed by atoms with E-state index in [1.807, 2.05) is 18.2 Å². The first kappa shape index (κ1) is 12.6. The number of hydrogen-bond acceptors (Lipinski definition) is 4. The minimum atomic E-state index is 0.477. The molecule has 0 amide bonds. The Morgan fingerprint density at radius 2 is 2.24 bits per heavy atom. The third kappa shape index (κ3) is 3.09. The molecule has 0 spiro atoms. The van der Waals surface area contributed by atoms with E-state index in [0.29, 0.717) is 6.04 Å². The summed E-state index contributed by atoms with van der Waals surface area (Å²) in [6.45, 7) is 3.07. The first-order valence-electron chi connectivity index (χ1n) is 5.52. The van der Waals surface area contributed by atoms with Gasteiger partial charge in [-0.25, -0.2) is 4.98 Å². The summed E-state index contributed by atoms with van der Waals surface area (Å²) < 4.78 is 1.16. The normalized spacial score (nSPS) is 13.2. The van der Waals surface area contributed by atoms with Crippen LogP contribution < -0.4 is 5.32 Å². The van der Waals surface area contributed by atoms with Crippen LogP contribution in [0.25, 0.3) is 10.2 Å². The summed E-state index contributed by atoms with van der Waals surface area (Å²) in [4.78, 5) is 6.69. The van der Waals surface area contributed by atoms with Gasteiger partial charge < -0.3 is 10.2 Å². The van der Waals surface area contributed by atoms with E-state index >= 15 is 0 Å². The molecule has 3 nitrogen and oxygen atoms in total. The van der Waals surface area contributed by atoms with Crippen molar-refractivity contribution in [2.45, 2.75) is 13.0 Å². The van der Waals surface area contributed by atoms with Crippen molar-refractivity contribution < 1.29 is 0 Å². The number of benzene rings is 1. The molecular weight excluding hydrogens is 254 g/mol. The van der Waals surface area contributed by atoms with Gasteiger partial charge in [0.15, 0.2) is 5.13 Å². The summed E-state index contributed by atoms with van der Waals surface area (Å²) in [5.41, 5.74) is 0.961. The number of thiazole rings is 1. The van der Waals surface area contributed by atoms with Crippen LogP contribution in [0.5, 0.6) is 0 Å². The molecular formula is C12H16ClN3S. The number of hydrogen-bond donors (Lipinski definition) is 1. The molecule has 0 fully saturated rings. The predicted molar refractivity (Wildman–Crippen MR) is 76.3 cm³/mol. The molecule has 0 bridgehead atoms. The molecule has 0 aliphatic carbocycles. The van der Waals surface area contributed by atoms with Crippen molar-refractivity contribution in [3.8, 4) is 0 Å². The molecule has 1 unspecified atom stereocenters. The average molecular weight is 270 g/mol. The van der Waals surface area contributed by atoms with E-state index in [1.165, 1.54) is 0 Å². The van der Waals surface area contributed by atoms with E-state index in [0.717, 1.165) is 26.9 Å². The monoisotopic (exact) mass is 269 g/mol. The highest BCUT2D eigenvalue weighted by atomic mass is 35.5. The molecule has 1 aromatic carbocycles. The topological polar surface area (TPSA) is 28.2 Å². The standard InChI is InChI=1S/C12H16ClN3S/c1-8(16(2)3)7-14-12-15-10-6-9(13)4-5-11(10)17-12/h4-6,8H,7H2,1-3H3,(H,14,15). The minimum absolute atomic E-state index is 0.477. The van der Waals surface area contributed by atoms with E-state index < -0.39 is 0 Å². The Kier molecular flexibility index (Phi) is 3.86. The second-order valence-electron chi connectivity index (χ2n) is 4.32. The highest BCUT2D eigenvalue weighted by Gasteiger charge is 2.07. The number of likely N-dealkylation sites (N-methyl/N-ethyl adjacent to an activating group) is 1. The zero-order chi connectivity index (χ0) is 12.4. The molecule has 0 aliphatic rings. The van der Waals surface area contributed by atoms with Crippen LogP contribution in [-0.2, 0) is 0 Å². The largest absolute Gasteiger partial charge is 0.360 e. The third-order valence-corrected chi connectivity index (χ3v) is 4.01. The molecule has 1 atom stereocenters. The molecule has 0 aliphatic heterocycles. The highest BCUT2D eigenvalue weighted by Crippen LogP contribution is 2.27. The van der Waals surface area contributed by atoms with Crippen molar-refractivity contribution in [1.82, 2.24) is 9.88 Å². The van der Waals surface area contributed by atoms with Crippen LogP contribution in [0.3, 0.4) is 0 Å². The smallest absolute Gasteiger partial charge is 0.183 e. The first-order valence-corrected chi connectivity index (χ1v) is 6.72. The number of halogens is 1. The maximum absolute atomic E-state index is 5.93. The quantitative estimate of drug-likeness (QED) is 0.923. The summed E-state index contributed by atoms with van der Waals surface area (Å²) in [7, 11) is 4.15. The number of nitrogens with zero attached hydrogens (tertiary/aromatic N) is 2. The maximum atomic E-state index is 5.93. The summed E-state index contributed by atoms with van der Waals surface area (Å²) in [6, 6.07) is 6.28. The maximum Gasteiger partial charge on any atom is 0.183 e. The predicted octanol–water partition coefficient (Wildman–Crippen LogP) is 3.31. The fraction of sp³-hybridized carbons (Fsp3) is 0.417. The minimum Gasteiger partial charge on any atom is -0.360 e. The lowest BCUT2D eigenvalue weighted by atomic mass is 10.3. The zero-order valence-corrected chi connectivity index (χ0v) is 11.8. The first-order chi connectivity index (χ1) is 8.06. The van der Waals surface area contributed by atoms with Gasteiger partial charge in [-0.1, -0.05) is 22.9 Å². The van der Waals surface area contributed by atoms with Crippen LogP contribution in [0.4, 0.5) is 5.13 Å². The van der Waals surface area contributed by atoms with Crippen LogP contribution in [-0.4, -0.2) is 36.6 Å². The molecule has 92 valence electrons. The number of anilines is 1. The Morgan fingerprint density at radius 3 is 2.94 bits per heavy atom. The summed E-state index contributed by atoms with van der Waals surface area (Å²) >= 11 is 7.59. The third-order valence-electron chi connectivity index (χ3n) is 2.78. The average Bonchev–Trinajstić information content (AvgIpc) is 2.67. The van der Waals surface area contributed by atoms with E-state index in [9.17, 15) is 0 Å². The van der Waals surface area contributed by atoms with Gasteiger partial charge in [0.2, 0.25) is 0 Å². The zero-order valence-electron chi connectivity index (χ0n) is 10.2. The van der Waals surface area contributed by atoms with Crippen molar-refractivity contribution in [3.05, 3.63) is 23.2 Å². The molecule has 5 heteroatoms. The van der Waals surface area contributed by atoms with Gasteiger partial charge in [-0.3, -0.25) is 0 Å². The van der Waals surface area contributed by atoms with Gasteiger partial charge in [0, 0.05) is 17.6 Å². The molecule has 0 radical (unpaired) electrons. The van der Waals surface area contributed by atoms with Crippen LogP contribution in [0.1, 0.15) is 6.92 Å². The van der Waals surface area contributed by atoms with Crippen LogP contribution >= 0.6 is 22.9 Å². The summed E-state index contributed by atoms with van der Waals surface area (Å²) in [5.74, 6) is 0. The Hall–Kier alpha value is -0.840. The van der Waals surface area contributed by atoms with Gasteiger partial charge in [0.25, 0.3) is 0 Å². The lowest BCUT2D eigenvalue weighted by Crippen LogP contribution is -2.31. The molecule has 2 rings (SSSR count).